The zero-order valence-electron chi connectivity index (χ0n) is 18.7. The van der Waals surface area contributed by atoms with E-state index in [1.54, 1.807) is 36.7 Å². The van der Waals surface area contributed by atoms with Crippen molar-refractivity contribution in [1.82, 2.24) is 15.3 Å². The first-order valence-electron chi connectivity index (χ1n) is 10.6. The van der Waals surface area contributed by atoms with Gasteiger partial charge in [-0.3, -0.25) is 4.79 Å². The van der Waals surface area contributed by atoms with Crippen LogP contribution in [0.3, 0.4) is 0 Å². The second kappa shape index (κ2) is 13.6. The number of carboxylic acids is 1. The molecule has 178 valence electrons. The topological polar surface area (TPSA) is 95.4 Å². The van der Waals surface area contributed by atoms with E-state index in [0.29, 0.717) is 5.95 Å². The number of carbonyl (C=O) groups excluding carboxylic acids is 1. The summed E-state index contributed by atoms with van der Waals surface area (Å²) in [6.07, 6.45) is 6.98. The van der Waals surface area contributed by atoms with Crippen LogP contribution < -0.4 is 10.2 Å². The molecule has 0 aliphatic carbocycles. The summed E-state index contributed by atoms with van der Waals surface area (Å²) in [4.78, 5) is 34.9. The van der Waals surface area contributed by atoms with E-state index in [0.717, 1.165) is 11.3 Å². The van der Waals surface area contributed by atoms with Crippen LogP contribution in [0.1, 0.15) is 36.2 Å². The molecule has 1 aromatic heterocycles. The van der Waals surface area contributed by atoms with E-state index in [-0.39, 0.29) is 57.6 Å². The number of rotatable bonds is 9. The number of carboxylic acid groups (broad SMARTS) is 1. The van der Waals surface area contributed by atoms with E-state index in [9.17, 15) is 14.7 Å². The van der Waals surface area contributed by atoms with Gasteiger partial charge in [0.15, 0.2) is 0 Å². The van der Waals surface area contributed by atoms with Gasteiger partial charge in [-0.15, -0.1) is 0 Å². The fourth-order valence-corrected chi connectivity index (χ4v) is 3.88. The zero-order valence-corrected chi connectivity index (χ0v) is 20.2. The number of hydrogen-bond donors (Lipinski definition) is 2. The Kier molecular flexibility index (Phi) is 11.2. The van der Waals surface area contributed by atoms with Crippen LogP contribution >= 0.6 is 23.2 Å². The van der Waals surface area contributed by atoms with Gasteiger partial charge in [0.25, 0.3) is 5.91 Å². The summed E-state index contributed by atoms with van der Waals surface area (Å²) >= 11 is 12.1. The number of carbonyl (C=O) groups is 2. The molecule has 2 aromatic carbocycles. The molecule has 0 aliphatic heterocycles. The molecule has 1 atom stereocenters. The molecular formula is C25H25Cl2N4NaO3. The Morgan fingerprint density at radius 1 is 1.03 bits per heavy atom. The summed E-state index contributed by atoms with van der Waals surface area (Å²) in [7, 11) is 0. The molecule has 3 aromatic rings. The Morgan fingerprint density at radius 3 is 2.17 bits per heavy atom. The number of benzene rings is 2. The summed E-state index contributed by atoms with van der Waals surface area (Å²) in [6.45, 7) is 4.11. The maximum absolute atomic E-state index is 12.5. The van der Waals surface area contributed by atoms with Gasteiger partial charge in [0.05, 0.1) is 15.6 Å². The van der Waals surface area contributed by atoms with Crippen LogP contribution in [-0.2, 0) is 4.79 Å². The summed E-state index contributed by atoms with van der Waals surface area (Å²) in [5, 5.41) is 12.3. The second-order valence-corrected chi connectivity index (χ2v) is 8.52. The number of nitrogens with zero attached hydrogens (tertiary/aromatic N) is 3. The van der Waals surface area contributed by atoms with Crippen molar-refractivity contribution in [3.63, 3.8) is 0 Å². The Balaban J connectivity index is 0.00000432. The van der Waals surface area contributed by atoms with Crippen molar-refractivity contribution in [2.45, 2.75) is 32.4 Å². The van der Waals surface area contributed by atoms with Crippen molar-refractivity contribution in [3.05, 3.63) is 88.2 Å². The number of nitrogens with one attached hydrogen (secondary N) is 1. The average molecular weight is 523 g/mol. The summed E-state index contributed by atoms with van der Waals surface area (Å²) < 4.78 is 0. The second-order valence-electron chi connectivity index (χ2n) is 7.70. The van der Waals surface area contributed by atoms with Gasteiger partial charge in [0, 0.05) is 24.1 Å². The maximum atomic E-state index is 12.5. The Hall–Kier alpha value is -2.42. The molecule has 0 spiro atoms. The molecule has 0 bridgehead atoms. The predicted octanol–water partition coefficient (Wildman–Crippen LogP) is 4.97. The van der Waals surface area contributed by atoms with Crippen molar-refractivity contribution in [3.8, 4) is 0 Å². The number of aliphatic carboxylic acids is 1. The number of aromatic nitrogens is 2. The first-order chi connectivity index (χ1) is 16.3. The van der Waals surface area contributed by atoms with Gasteiger partial charge >= 0.3 is 35.5 Å². The minimum atomic E-state index is -1.16. The normalized spacial score (nSPS) is 11.7. The Morgan fingerprint density at radius 2 is 1.63 bits per heavy atom. The van der Waals surface area contributed by atoms with Crippen molar-refractivity contribution < 1.29 is 14.7 Å². The molecule has 0 saturated heterocycles. The van der Waals surface area contributed by atoms with Crippen LogP contribution in [-0.4, -0.2) is 68.6 Å². The Bertz CT molecular complexity index is 1150. The SMILES string of the molecule is CC(C)N(c1ccc(/C=C/C[C@H](NC(=O)c2c(Cl)cccc2Cl)C(=O)O)cc1)c1ncccn1.[NaH]. The first-order valence-corrected chi connectivity index (χ1v) is 11.3. The van der Waals surface area contributed by atoms with Crippen molar-refractivity contribution in [1.29, 1.82) is 0 Å². The molecule has 3 rings (SSSR count). The summed E-state index contributed by atoms with van der Waals surface area (Å²) in [5.74, 6) is -1.19. The fourth-order valence-electron chi connectivity index (χ4n) is 3.31. The predicted molar refractivity (Wildman–Crippen MR) is 142 cm³/mol. The summed E-state index contributed by atoms with van der Waals surface area (Å²) in [5.41, 5.74) is 1.87. The van der Waals surface area contributed by atoms with Gasteiger partial charge in [-0.2, -0.15) is 0 Å². The molecule has 1 amide bonds. The van der Waals surface area contributed by atoms with E-state index >= 15 is 0 Å². The molecule has 35 heavy (non-hydrogen) atoms. The third-order valence-electron chi connectivity index (χ3n) is 4.93. The van der Waals surface area contributed by atoms with Crippen LogP contribution in [0, 0.1) is 0 Å². The monoisotopic (exact) mass is 522 g/mol. The molecule has 0 unspecified atom stereocenters. The van der Waals surface area contributed by atoms with Crippen LogP contribution in [0.4, 0.5) is 11.6 Å². The molecule has 1 heterocycles. The van der Waals surface area contributed by atoms with E-state index in [1.165, 1.54) is 12.1 Å². The van der Waals surface area contributed by atoms with Crippen molar-refractivity contribution >= 4 is 82.3 Å². The number of halogens is 2. The number of hydrogen-bond acceptors (Lipinski definition) is 5. The zero-order chi connectivity index (χ0) is 24.7. The van der Waals surface area contributed by atoms with Gasteiger partial charge < -0.3 is 15.3 Å². The number of amides is 1. The molecule has 2 N–H and O–H groups in total. The van der Waals surface area contributed by atoms with E-state index < -0.39 is 17.9 Å². The molecule has 0 fully saturated rings. The molecule has 7 nitrogen and oxygen atoms in total. The molecule has 10 heteroatoms. The van der Waals surface area contributed by atoms with Gasteiger partial charge in [-0.25, -0.2) is 14.8 Å². The van der Waals surface area contributed by atoms with E-state index in [4.69, 9.17) is 23.2 Å². The van der Waals surface area contributed by atoms with Gasteiger partial charge in [-0.05, 0) is 56.2 Å². The molecule has 0 aliphatic rings. The van der Waals surface area contributed by atoms with Gasteiger partial charge in [-0.1, -0.05) is 53.6 Å². The van der Waals surface area contributed by atoms with Crippen LogP contribution in [0.5, 0.6) is 0 Å². The average Bonchev–Trinajstić information content (AvgIpc) is 2.80. The third kappa shape index (κ3) is 7.78. The number of anilines is 2. The Labute approximate surface area is 236 Å². The van der Waals surface area contributed by atoms with E-state index in [1.807, 2.05) is 29.2 Å². The first kappa shape index (κ1) is 28.8. The van der Waals surface area contributed by atoms with Gasteiger partial charge in [0.1, 0.15) is 6.04 Å². The third-order valence-corrected chi connectivity index (χ3v) is 5.56. The van der Waals surface area contributed by atoms with Crippen molar-refractivity contribution in [2.24, 2.45) is 0 Å². The van der Waals surface area contributed by atoms with Crippen molar-refractivity contribution in [2.75, 3.05) is 4.90 Å². The van der Waals surface area contributed by atoms with Crippen LogP contribution in [0.25, 0.3) is 6.08 Å². The quantitative estimate of drug-likeness (QED) is 0.385. The standard InChI is InChI=1S/C25H24Cl2N4O3.Na.H/c1-16(2)31(25-28-14-5-15-29-25)18-12-10-17(11-13-18)6-3-9-21(24(33)34)30-23(32)22-19(26)7-4-8-20(22)27;;/h3-8,10-16,21H,9H2,1-2H3,(H,30,32)(H,33,34);;/b6-3+;;/t21-;;/m0../s1. The molecular weight excluding hydrogens is 498 g/mol. The fraction of sp³-hybridized carbons (Fsp3) is 0.200. The van der Waals surface area contributed by atoms with Crippen LogP contribution in [0.2, 0.25) is 10.0 Å². The van der Waals surface area contributed by atoms with E-state index in [2.05, 4.69) is 29.1 Å². The minimum absolute atomic E-state index is 0. The molecule has 0 saturated carbocycles. The molecule has 0 radical (unpaired) electrons. The van der Waals surface area contributed by atoms with Gasteiger partial charge in [0.2, 0.25) is 5.95 Å². The van der Waals surface area contributed by atoms with Crippen LogP contribution in [0.15, 0.2) is 67.0 Å². The summed E-state index contributed by atoms with van der Waals surface area (Å²) in [6, 6.07) is 13.2.